The molecule has 0 aliphatic heterocycles. The molecule has 0 saturated carbocycles. The van der Waals surface area contributed by atoms with Gasteiger partial charge in [-0.15, -0.1) is 0 Å². The van der Waals surface area contributed by atoms with Crippen molar-refractivity contribution >= 4 is 11.8 Å². The Kier molecular flexibility index (Phi) is 4.50. The molecule has 7 nitrogen and oxygen atoms in total. The van der Waals surface area contributed by atoms with Gasteiger partial charge in [0.1, 0.15) is 5.69 Å². The molecule has 0 atom stereocenters. The third-order valence-electron chi connectivity index (χ3n) is 2.31. The predicted octanol–water partition coefficient (Wildman–Crippen LogP) is 0.738. The van der Waals surface area contributed by atoms with Crippen LogP contribution in [0, 0.1) is 0 Å². The summed E-state index contributed by atoms with van der Waals surface area (Å²) in [5.74, 6) is 0. The van der Waals surface area contributed by atoms with Gasteiger partial charge in [-0.3, -0.25) is 14.7 Å². The van der Waals surface area contributed by atoms with Crippen LogP contribution in [0.15, 0.2) is 15.8 Å². The van der Waals surface area contributed by atoms with E-state index in [1.807, 2.05) is 11.9 Å². The second-order valence-electron chi connectivity index (χ2n) is 3.60. The van der Waals surface area contributed by atoms with Crippen LogP contribution in [0.4, 0.5) is 10.5 Å². The Hall–Kier alpha value is -2.05. The number of nitrogens with one attached hydrogen (secondary N) is 2. The normalized spacial score (nSPS) is 10.2. The van der Waals surface area contributed by atoms with E-state index in [9.17, 15) is 14.4 Å². The van der Waals surface area contributed by atoms with Crippen molar-refractivity contribution in [3.05, 3.63) is 27.0 Å². The van der Waals surface area contributed by atoms with E-state index in [1.54, 1.807) is 0 Å². The van der Waals surface area contributed by atoms with Gasteiger partial charge >= 0.3 is 11.8 Å². The van der Waals surface area contributed by atoms with Gasteiger partial charge in [-0.1, -0.05) is 19.8 Å². The molecule has 94 valence electrons. The van der Waals surface area contributed by atoms with Gasteiger partial charge in [0.25, 0.3) is 5.56 Å². The molecule has 0 aliphatic rings. The highest BCUT2D eigenvalue weighted by molar-refractivity contribution is 5.85. The minimum Gasteiger partial charge on any atom is -0.465 e. The maximum atomic E-state index is 11.4. The Morgan fingerprint density at radius 2 is 2.12 bits per heavy atom. The zero-order chi connectivity index (χ0) is 12.8. The van der Waals surface area contributed by atoms with Crippen molar-refractivity contribution in [2.24, 2.45) is 0 Å². The van der Waals surface area contributed by atoms with Crippen LogP contribution in [0.25, 0.3) is 0 Å². The first-order valence-electron chi connectivity index (χ1n) is 5.38. The summed E-state index contributed by atoms with van der Waals surface area (Å²) in [7, 11) is 0. The fourth-order valence-electron chi connectivity index (χ4n) is 1.44. The molecule has 0 aromatic carbocycles. The number of carbonyl (C=O) groups is 1. The molecular formula is C10H15N3O4. The largest absolute Gasteiger partial charge is 0.465 e. The van der Waals surface area contributed by atoms with Gasteiger partial charge in [-0.2, -0.15) is 0 Å². The monoisotopic (exact) mass is 241 g/mol. The number of nitrogens with zero attached hydrogens (tertiary/aromatic N) is 1. The highest BCUT2D eigenvalue weighted by Crippen LogP contribution is 2.07. The summed E-state index contributed by atoms with van der Waals surface area (Å²) in [6, 6.07) is 0. The number of aromatic amines is 2. The molecule has 0 saturated heterocycles. The Morgan fingerprint density at radius 3 is 2.65 bits per heavy atom. The predicted molar refractivity (Wildman–Crippen MR) is 62.6 cm³/mol. The number of aromatic nitrogens is 2. The third-order valence-corrected chi connectivity index (χ3v) is 2.31. The van der Waals surface area contributed by atoms with Gasteiger partial charge in [-0.25, -0.2) is 9.59 Å². The molecule has 17 heavy (non-hydrogen) atoms. The molecule has 7 heteroatoms. The van der Waals surface area contributed by atoms with Crippen LogP contribution in [-0.2, 0) is 0 Å². The molecule has 3 N–H and O–H groups in total. The topological polar surface area (TPSA) is 106 Å². The van der Waals surface area contributed by atoms with Crippen molar-refractivity contribution in [2.45, 2.75) is 26.2 Å². The van der Waals surface area contributed by atoms with E-state index in [2.05, 4.69) is 4.98 Å². The highest BCUT2D eigenvalue weighted by atomic mass is 16.4. The van der Waals surface area contributed by atoms with Crippen LogP contribution in [-0.4, -0.2) is 27.7 Å². The molecule has 0 fully saturated rings. The Bertz CT molecular complexity index is 491. The molecular weight excluding hydrogens is 226 g/mol. The van der Waals surface area contributed by atoms with E-state index in [0.29, 0.717) is 6.42 Å². The number of hydrogen-bond acceptors (Lipinski definition) is 3. The van der Waals surface area contributed by atoms with Gasteiger partial charge in [0, 0.05) is 12.7 Å². The molecule has 0 aliphatic carbocycles. The lowest BCUT2D eigenvalue weighted by atomic mass is 10.2. The lowest BCUT2D eigenvalue weighted by Gasteiger charge is -2.17. The summed E-state index contributed by atoms with van der Waals surface area (Å²) in [5, 5.41) is 9.00. The number of unbranched alkanes of at least 4 members (excludes halogenated alkanes) is 2. The maximum Gasteiger partial charge on any atom is 0.412 e. The van der Waals surface area contributed by atoms with E-state index >= 15 is 0 Å². The average molecular weight is 241 g/mol. The van der Waals surface area contributed by atoms with Crippen molar-refractivity contribution in [1.82, 2.24) is 9.97 Å². The molecule has 0 unspecified atom stereocenters. The molecule has 0 spiro atoms. The van der Waals surface area contributed by atoms with Crippen molar-refractivity contribution < 1.29 is 9.90 Å². The van der Waals surface area contributed by atoms with Crippen molar-refractivity contribution in [1.29, 1.82) is 0 Å². The first kappa shape index (κ1) is 13.0. The second kappa shape index (κ2) is 5.88. The number of H-pyrrole nitrogens is 2. The number of rotatable bonds is 5. The van der Waals surface area contributed by atoms with Gasteiger partial charge in [0.05, 0.1) is 0 Å². The summed E-state index contributed by atoms with van der Waals surface area (Å²) in [6.07, 6.45) is 2.40. The Balaban J connectivity index is 2.94. The van der Waals surface area contributed by atoms with Crippen LogP contribution < -0.4 is 16.1 Å². The van der Waals surface area contributed by atoms with Gasteiger partial charge in [0.15, 0.2) is 0 Å². The van der Waals surface area contributed by atoms with Crippen LogP contribution in [0.1, 0.15) is 26.2 Å². The fraction of sp³-hybridized carbons (Fsp3) is 0.500. The molecule has 1 heterocycles. The Labute approximate surface area is 97.1 Å². The molecule has 0 bridgehead atoms. The third kappa shape index (κ3) is 3.47. The van der Waals surface area contributed by atoms with Crippen LogP contribution in [0.5, 0.6) is 0 Å². The summed E-state index contributed by atoms with van der Waals surface area (Å²) in [4.78, 5) is 38.4. The highest BCUT2D eigenvalue weighted by Gasteiger charge is 2.17. The first-order valence-corrected chi connectivity index (χ1v) is 5.38. The van der Waals surface area contributed by atoms with Crippen molar-refractivity contribution in [3.63, 3.8) is 0 Å². The van der Waals surface area contributed by atoms with E-state index in [4.69, 9.17) is 5.11 Å². The van der Waals surface area contributed by atoms with Crippen LogP contribution >= 0.6 is 0 Å². The standard InChI is InChI=1S/C10H15N3O4/c1-2-3-4-5-13(10(16)17)7-6-11-9(15)12-8(7)14/h6H,2-5H2,1H3,(H,16,17)(H2,11,12,14,15). The summed E-state index contributed by atoms with van der Waals surface area (Å²) in [5.41, 5.74) is -1.42. The van der Waals surface area contributed by atoms with Crippen molar-refractivity contribution in [2.75, 3.05) is 11.4 Å². The van der Waals surface area contributed by atoms with Crippen LogP contribution in [0.2, 0.25) is 0 Å². The average Bonchev–Trinajstić information content (AvgIpc) is 2.25. The zero-order valence-corrected chi connectivity index (χ0v) is 9.52. The number of hydrogen-bond donors (Lipinski definition) is 3. The molecule has 1 aromatic rings. The number of amides is 1. The van der Waals surface area contributed by atoms with Gasteiger partial charge < -0.3 is 10.1 Å². The minimum atomic E-state index is -1.21. The van der Waals surface area contributed by atoms with E-state index in [0.717, 1.165) is 23.9 Å². The quantitative estimate of drug-likeness (QED) is 0.661. The maximum absolute atomic E-state index is 11.4. The SMILES string of the molecule is CCCCCN(C(=O)O)c1c[nH]c(=O)[nH]c1=O. The van der Waals surface area contributed by atoms with Crippen molar-refractivity contribution in [3.8, 4) is 0 Å². The minimum absolute atomic E-state index is 0.0618. The van der Waals surface area contributed by atoms with E-state index < -0.39 is 17.3 Å². The molecule has 1 rings (SSSR count). The number of anilines is 1. The van der Waals surface area contributed by atoms with Gasteiger partial charge in [-0.05, 0) is 6.42 Å². The lowest BCUT2D eigenvalue weighted by molar-refractivity contribution is 0.201. The van der Waals surface area contributed by atoms with Crippen LogP contribution in [0.3, 0.4) is 0 Å². The lowest BCUT2D eigenvalue weighted by Crippen LogP contribution is -2.36. The second-order valence-corrected chi connectivity index (χ2v) is 3.60. The van der Waals surface area contributed by atoms with E-state index in [1.165, 1.54) is 0 Å². The zero-order valence-electron chi connectivity index (χ0n) is 9.52. The molecule has 1 amide bonds. The summed E-state index contributed by atoms with van der Waals surface area (Å²) < 4.78 is 0. The number of carboxylic acid groups (broad SMARTS) is 1. The smallest absolute Gasteiger partial charge is 0.412 e. The first-order chi connectivity index (χ1) is 8.06. The fourth-order valence-corrected chi connectivity index (χ4v) is 1.44. The molecule has 0 radical (unpaired) electrons. The molecule has 1 aromatic heterocycles. The summed E-state index contributed by atoms with van der Waals surface area (Å²) in [6.45, 7) is 2.23. The van der Waals surface area contributed by atoms with E-state index in [-0.39, 0.29) is 12.2 Å². The summed E-state index contributed by atoms with van der Waals surface area (Å²) >= 11 is 0. The Morgan fingerprint density at radius 1 is 1.41 bits per heavy atom. The van der Waals surface area contributed by atoms with Gasteiger partial charge in [0.2, 0.25) is 0 Å².